The summed E-state index contributed by atoms with van der Waals surface area (Å²) in [4.78, 5) is 38.2. The maximum Gasteiger partial charge on any atom is 0.313 e. The third-order valence-electron chi connectivity index (χ3n) is 4.93. The Kier molecular flexibility index (Phi) is 6.29. The van der Waals surface area contributed by atoms with Crippen molar-refractivity contribution in [2.45, 2.75) is 31.8 Å². The Bertz CT molecular complexity index is 896. The van der Waals surface area contributed by atoms with Crippen LogP contribution in [0, 0.1) is 0 Å². The van der Waals surface area contributed by atoms with Gasteiger partial charge in [0.1, 0.15) is 5.60 Å². The van der Waals surface area contributed by atoms with E-state index in [2.05, 4.69) is 10.6 Å². The number of nitrogens with zero attached hydrogens (tertiary/aromatic N) is 1. The van der Waals surface area contributed by atoms with Crippen LogP contribution in [0.2, 0.25) is 0 Å². The number of piperidine rings is 1. The molecule has 0 unspecified atom stereocenters. The van der Waals surface area contributed by atoms with Gasteiger partial charge in [0.05, 0.1) is 6.54 Å². The number of anilines is 2. The highest BCUT2D eigenvalue weighted by atomic mass is 16.3. The minimum atomic E-state index is -1.30. The zero-order valence-corrected chi connectivity index (χ0v) is 16.4. The Labute approximate surface area is 169 Å². The topological polar surface area (TPSA) is 98.7 Å². The fourth-order valence-corrected chi connectivity index (χ4v) is 3.25. The SMILES string of the molecule is C[C@@](O)(CNC(=O)C(=O)Nc1cccc(N2CCCCC2=O)c1)c1ccccc1. The predicted octanol–water partition coefficient (Wildman–Crippen LogP) is 2.17. The van der Waals surface area contributed by atoms with E-state index in [1.54, 1.807) is 60.4 Å². The zero-order valence-electron chi connectivity index (χ0n) is 16.4. The van der Waals surface area contributed by atoms with E-state index < -0.39 is 17.4 Å². The summed E-state index contributed by atoms with van der Waals surface area (Å²) >= 11 is 0. The third kappa shape index (κ3) is 5.20. The van der Waals surface area contributed by atoms with Crippen molar-refractivity contribution < 1.29 is 19.5 Å². The Morgan fingerprint density at radius 1 is 1.07 bits per heavy atom. The molecule has 1 atom stereocenters. The molecule has 0 bridgehead atoms. The smallest absolute Gasteiger partial charge is 0.313 e. The number of benzene rings is 2. The number of amides is 3. The van der Waals surface area contributed by atoms with Crippen molar-refractivity contribution in [1.29, 1.82) is 0 Å². The highest BCUT2D eigenvalue weighted by Crippen LogP contribution is 2.24. The lowest BCUT2D eigenvalue weighted by molar-refractivity contribution is -0.136. The number of rotatable bonds is 5. The van der Waals surface area contributed by atoms with E-state index >= 15 is 0 Å². The number of hydrogen-bond donors (Lipinski definition) is 3. The first-order chi connectivity index (χ1) is 13.9. The molecule has 7 nitrogen and oxygen atoms in total. The first-order valence-electron chi connectivity index (χ1n) is 9.64. The van der Waals surface area contributed by atoms with E-state index in [0.717, 1.165) is 12.8 Å². The second-order valence-corrected chi connectivity index (χ2v) is 7.33. The van der Waals surface area contributed by atoms with E-state index in [9.17, 15) is 19.5 Å². The molecule has 0 aliphatic carbocycles. The van der Waals surface area contributed by atoms with Crippen LogP contribution < -0.4 is 15.5 Å². The summed E-state index contributed by atoms with van der Waals surface area (Å²) < 4.78 is 0. The average molecular weight is 395 g/mol. The second-order valence-electron chi connectivity index (χ2n) is 7.33. The Hall–Kier alpha value is -3.19. The molecular weight excluding hydrogens is 370 g/mol. The lowest BCUT2D eigenvalue weighted by Gasteiger charge is -2.27. The van der Waals surface area contributed by atoms with Crippen molar-refractivity contribution in [2.75, 3.05) is 23.3 Å². The molecule has 2 aromatic rings. The van der Waals surface area contributed by atoms with Gasteiger partial charge in [-0.1, -0.05) is 36.4 Å². The lowest BCUT2D eigenvalue weighted by atomic mass is 9.96. The minimum absolute atomic E-state index is 0.0561. The summed E-state index contributed by atoms with van der Waals surface area (Å²) in [5.41, 5.74) is 0.460. The first-order valence-corrected chi connectivity index (χ1v) is 9.64. The highest BCUT2D eigenvalue weighted by Gasteiger charge is 2.25. The van der Waals surface area contributed by atoms with E-state index in [1.165, 1.54) is 0 Å². The van der Waals surface area contributed by atoms with Gasteiger partial charge in [-0.2, -0.15) is 0 Å². The number of carbonyl (C=O) groups is 3. The number of nitrogens with one attached hydrogen (secondary N) is 2. The van der Waals surface area contributed by atoms with Gasteiger partial charge in [0.15, 0.2) is 0 Å². The van der Waals surface area contributed by atoms with E-state index in [0.29, 0.717) is 29.9 Å². The maximum absolute atomic E-state index is 12.2. The van der Waals surface area contributed by atoms with E-state index in [4.69, 9.17) is 0 Å². The quantitative estimate of drug-likeness (QED) is 0.676. The van der Waals surface area contributed by atoms with Crippen molar-refractivity contribution in [2.24, 2.45) is 0 Å². The third-order valence-corrected chi connectivity index (χ3v) is 4.93. The molecule has 3 N–H and O–H groups in total. The largest absolute Gasteiger partial charge is 0.384 e. The van der Waals surface area contributed by atoms with Crippen LogP contribution in [-0.4, -0.2) is 35.9 Å². The van der Waals surface area contributed by atoms with Gasteiger partial charge >= 0.3 is 11.8 Å². The molecule has 1 fully saturated rings. The van der Waals surface area contributed by atoms with E-state index in [1.807, 2.05) is 6.07 Å². The molecule has 1 aliphatic heterocycles. The van der Waals surface area contributed by atoms with Gasteiger partial charge in [0, 0.05) is 24.3 Å². The van der Waals surface area contributed by atoms with Crippen molar-refractivity contribution in [3.05, 3.63) is 60.2 Å². The second kappa shape index (κ2) is 8.87. The van der Waals surface area contributed by atoms with Gasteiger partial charge in [-0.15, -0.1) is 0 Å². The van der Waals surface area contributed by atoms with Crippen LogP contribution in [0.4, 0.5) is 11.4 Å². The average Bonchev–Trinajstić information content (AvgIpc) is 2.73. The van der Waals surface area contributed by atoms with Crippen LogP contribution in [0.3, 0.4) is 0 Å². The van der Waals surface area contributed by atoms with Crippen molar-refractivity contribution in [3.63, 3.8) is 0 Å². The monoisotopic (exact) mass is 395 g/mol. The number of aliphatic hydroxyl groups is 1. The molecule has 0 aromatic heterocycles. The molecule has 0 saturated carbocycles. The van der Waals surface area contributed by atoms with Crippen molar-refractivity contribution in [3.8, 4) is 0 Å². The van der Waals surface area contributed by atoms with Gasteiger partial charge in [0.2, 0.25) is 5.91 Å². The normalized spacial score (nSPS) is 16.1. The van der Waals surface area contributed by atoms with Gasteiger partial charge in [0.25, 0.3) is 0 Å². The van der Waals surface area contributed by atoms with Gasteiger partial charge in [-0.25, -0.2) is 0 Å². The molecule has 1 aliphatic rings. The van der Waals surface area contributed by atoms with Crippen LogP contribution in [0.15, 0.2) is 54.6 Å². The van der Waals surface area contributed by atoms with Crippen molar-refractivity contribution >= 4 is 29.1 Å². The van der Waals surface area contributed by atoms with Crippen LogP contribution in [-0.2, 0) is 20.0 Å². The molecule has 0 radical (unpaired) electrons. The molecular formula is C22H25N3O4. The Morgan fingerprint density at radius 3 is 2.55 bits per heavy atom. The summed E-state index contributed by atoms with van der Waals surface area (Å²) in [5.74, 6) is -1.63. The maximum atomic E-state index is 12.2. The fourth-order valence-electron chi connectivity index (χ4n) is 3.25. The number of carbonyl (C=O) groups excluding carboxylic acids is 3. The standard InChI is InChI=1S/C22H25N3O4/c1-22(29,16-8-3-2-4-9-16)15-23-20(27)21(28)24-17-10-7-11-18(14-17)25-13-6-5-12-19(25)26/h2-4,7-11,14,29H,5-6,12-13,15H2,1H3,(H,23,27)(H,24,28)/t22-/m1/s1. The van der Waals surface area contributed by atoms with Gasteiger partial charge < -0.3 is 20.6 Å². The molecule has 3 rings (SSSR count). The summed E-state index contributed by atoms with van der Waals surface area (Å²) in [6.45, 7) is 2.11. The minimum Gasteiger partial charge on any atom is -0.384 e. The van der Waals surface area contributed by atoms with Gasteiger partial charge in [-0.05, 0) is 43.5 Å². The summed E-state index contributed by atoms with van der Waals surface area (Å²) in [6.07, 6.45) is 2.34. The molecule has 152 valence electrons. The number of hydrogen-bond acceptors (Lipinski definition) is 4. The molecule has 7 heteroatoms. The predicted molar refractivity (Wildman–Crippen MR) is 110 cm³/mol. The Balaban J connectivity index is 1.59. The first kappa shape index (κ1) is 20.5. The fraction of sp³-hybridized carbons (Fsp3) is 0.318. The molecule has 2 aromatic carbocycles. The van der Waals surface area contributed by atoms with Crippen LogP contribution in [0.5, 0.6) is 0 Å². The van der Waals surface area contributed by atoms with Crippen LogP contribution >= 0.6 is 0 Å². The zero-order chi connectivity index (χ0) is 20.9. The van der Waals surface area contributed by atoms with E-state index in [-0.39, 0.29) is 12.5 Å². The summed E-state index contributed by atoms with van der Waals surface area (Å²) in [7, 11) is 0. The molecule has 1 saturated heterocycles. The molecule has 29 heavy (non-hydrogen) atoms. The molecule has 1 heterocycles. The summed E-state index contributed by atoms with van der Waals surface area (Å²) in [6, 6.07) is 15.8. The Morgan fingerprint density at radius 2 is 1.83 bits per heavy atom. The molecule has 0 spiro atoms. The lowest BCUT2D eigenvalue weighted by Crippen LogP contribution is -2.43. The van der Waals surface area contributed by atoms with Crippen LogP contribution in [0.25, 0.3) is 0 Å². The van der Waals surface area contributed by atoms with Crippen LogP contribution in [0.1, 0.15) is 31.7 Å². The molecule has 3 amide bonds. The van der Waals surface area contributed by atoms with Gasteiger partial charge in [-0.3, -0.25) is 14.4 Å². The highest BCUT2D eigenvalue weighted by molar-refractivity contribution is 6.39. The summed E-state index contributed by atoms with van der Waals surface area (Å²) in [5, 5.41) is 15.5. The van der Waals surface area contributed by atoms with Crippen molar-refractivity contribution in [1.82, 2.24) is 5.32 Å².